The summed E-state index contributed by atoms with van der Waals surface area (Å²) in [5, 5.41) is 2.61. The molecule has 0 radical (unpaired) electrons. The molecule has 0 aliphatic heterocycles. The Kier molecular flexibility index (Phi) is 5.30. The molecule has 0 fully saturated rings. The number of benzene rings is 1. The van der Waals surface area contributed by atoms with E-state index in [1.807, 2.05) is 0 Å². The molecule has 5 heteroatoms. The van der Waals surface area contributed by atoms with E-state index in [4.69, 9.17) is 0 Å². The summed E-state index contributed by atoms with van der Waals surface area (Å²) in [7, 11) is 1.29. The van der Waals surface area contributed by atoms with Crippen LogP contribution >= 0.6 is 0 Å². The number of carbonyl (C=O) groups is 2. The second kappa shape index (κ2) is 6.74. The van der Waals surface area contributed by atoms with Crippen molar-refractivity contribution in [2.75, 3.05) is 7.11 Å². The summed E-state index contributed by atoms with van der Waals surface area (Å²) in [6, 6.07) is 5.76. The van der Waals surface area contributed by atoms with Crippen molar-refractivity contribution in [3.05, 3.63) is 35.6 Å². The van der Waals surface area contributed by atoms with E-state index in [9.17, 15) is 14.0 Å². The lowest BCUT2D eigenvalue weighted by molar-refractivity contribution is -0.141. The number of carbonyl (C=O) groups excluding carboxylic acids is 2. The molecule has 0 aliphatic rings. The van der Waals surface area contributed by atoms with Crippen LogP contribution in [0.25, 0.3) is 0 Å². The molecule has 0 saturated heterocycles. The summed E-state index contributed by atoms with van der Waals surface area (Å²) in [5.74, 6) is -1.13. The number of hydrogen-bond acceptors (Lipinski definition) is 3. The van der Waals surface area contributed by atoms with Crippen molar-refractivity contribution in [1.82, 2.24) is 5.32 Å². The summed E-state index contributed by atoms with van der Waals surface area (Å²) in [5.41, 5.74) is 0.334. The van der Waals surface area contributed by atoms with Crippen molar-refractivity contribution < 1.29 is 18.7 Å². The van der Waals surface area contributed by atoms with Gasteiger partial charge < -0.3 is 10.1 Å². The van der Waals surface area contributed by atoms with Gasteiger partial charge in [0.1, 0.15) is 5.82 Å². The van der Waals surface area contributed by atoms with Gasteiger partial charge in [0.15, 0.2) is 0 Å². The van der Waals surface area contributed by atoms with Gasteiger partial charge in [0.25, 0.3) is 0 Å². The highest BCUT2D eigenvalue weighted by molar-refractivity contribution is 5.79. The number of methoxy groups -OCH3 is 1. The first-order valence-electron chi connectivity index (χ1n) is 5.62. The molecular weight excluding hydrogens is 237 g/mol. The van der Waals surface area contributed by atoms with Gasteiger partial charge in [0.2, 0.25) is 5.91 Å². The maximum Gasteiger partial charge on any atom is 0.307 e. The van der Waals surface area contributed by atoms with E-state index >= 15 is 0 Å². The van der Waals surface area contributed by atoms with E-state index in [-0.39, 0.29) is 24.8 Å². The van der Waals surface area contributed by atoms with Crippen molar-refractivity contribution in [2.24, 2.45) is 0 Å². The molecule has 1 atom stereocenters. The first kappa shape index (κ1) is 14.2. The number of rotatable bonds is 5. The first-order chi connectivity index (χ1) is 8.52. The summed E-state index contributed by atoms with van der Waals surface area (Å²) < 4.78 is 17.8. The maximum atomic E-state index is 13.3. The average Bonchev–Trinajstić information content (AvgIpc) is 2.31. The standard InChI is InChI=1S/C13H16FNO3/c1-9(7-13(17)18-2)15-12(16)8-10-5-3-4-6-11(10)14/h3-6,9H,7-8H2,1-2H3,(H,15,16). The van der Waals surface area contributed by atoms with Gasteiger partial charge in [-0.15, -0.1) is 0 Å². The van der Waals surface area contributed by atoms with Crippen LogP contribution in [0.15, 0.2) is 24.3 Å². The second-order valence-corrected chi connectivity index (χ2v) is 4.02. The molecule has 1 N–H and O–H groups in total. The highest BCUT2D eigenvalue weighted by Crippen LogP contribution is 2.07. The Bertz CT molecular complexity index is 434. The van der Waals surface area contributed by atoms with Crippen LogP contribution in [-0.2, 0) is 20.7 Å². The van der Waals surface area contributed by atoms with Gasteiger partial charge in [-0.05, 0) is 18.6 Å². The maximum absolute atomic E-state index is 13.3. The minimum atomic E-state index is -0.409. The summed E-state index contributed by atoms with van der Waals surface area (Å²) in [6.45, 7) is 1.69. The average molecular weight is 253 g/mol. The van der Waals surface area contributed by atoms with Crippen molar-refractivity contribution in [3.63, 3.8) is 0 Å². The van der Waals surface area contributed by atoms with Gasteiger partial charge in [0, 0.05) is 6.04 Å². The Hall–Kier alpha value is -1.91. The number of esters is 1. The van der Waals surface area contributed by atoms with E-state index < -0.39 is 11.8 Å². The number of nitrogens with one attached hydrogen (secondary N) is 1. The molecule has 1 unspecified atom stereocenters. The zero-order valence-electron chi connectivity index (χ0n) is 10.4. The molecule has 0 aromatic heterocycles. The Morgan fingerprint density at radius 1 is 1.39 bits per heavy atom. The van der Waals surface area contributed by atoms with E-state index in [1.165, 1.54) is 13.2 Å². The predicted molar refractivity (Wildman–Crippen MR) is 64.3 cm³/mol. The first-order valence-corrected chi connectivity index (χ1v) is 5.62. The fraction of sp³-hybridized carbons (Fsp3) is 0.385. The fourth-order valence-corrected chi connectivity index (χ4v) is 1.52. The molecule has 0 saturated carbocycles. The largest absolute Gasteiger partial charge is 0.469 e. The topological polar surface area (TPSA) is 55.4 Å². The minimum absolute atomic E-state index is 0.0435. The van der Waals surface area contributed by atoms with Crippen LogP contribution < -0.4 is 5.32 Å². The molecule has 4 nitrogen and oxygen atoms in total. The van der Waals surface area contributed by atoms with Gasteiger partial charge >= 0.3 is 5.97 Å². The van der Waals surface area contributed by atoms with Crippen LogP contribution in [-0.4, -0.2) is 25.0 Å². The molecule has 18 heavy (non-hydrogen) atoms. The van der Waals surface area contributed by atoms with E-state index in [0.29, 0.717) is 5.56 Å². The normalized spacial score (nSPS) is 11.7. The van der Waals surface area contributed by atoms with Gasteiger partial charge in [-0.1, -0.05) is 18.2 Å². The van der Waals surface area contributed by atoms with Crippen molar-refractivity contribution in [1.29, 1.82) is 0 Å². The SMILES string of the molecule is COC(=O)CC(C)NC(=O)Cc1ccccc1F. The lowest BCUT2D eigenvalue weighted by Gasteiger charge is -2.12. The molecular formula is C13H16FNO3. The predicted octanol–water partition coefficient (Wildman–Crippen LogP) is 1.44. The molecule has 1 aromatic rings. The summed E-state index contributed by atoms with van der Waals surface area (Å²) in [4.78, 5) is 22.6. The lowest BCUT2D eigenvalue weighted by Crippen LogP contribution is -2.35. The fourth-order valence-electron chi connectivity index (χ4n) is 1.52. The van der Waals surface area contributed by atoms with Crippen LogP contribution in [0.5, 0.6) is 0 Å². The third kappa shape index (κ3) is 4.53. The highest BCUT2D eigenvalue weighted by atomic mass is 19.1. The Morgan fingerprint density at radius 3 is 2.67 bits per heavy atom. The highest BCUT2D eigenvalue weighted by Gasteiger charge is 2.13. The quantitative estimate of drug-likeness (QED) is 0.808. The van der Waals surface area contributed by atoms with Crippen molar-refractivity contribution in [3.8, 4) is 0 Å². The minimum Gasteiger partial charge on any atom is -0.469 e. The van der Waals surface area contributed by atoms with Crippen molar-refractivity contribution >= 4 is 11.9 Å². The van der Waals surface area contributed by atoms with Gasteiger partial charge in [-0.3, -0.25) is 9.59 Å². The molecule has 1 amide bonds. The molecule has 1 aromatic carbocycles. The van der Waals surface area contributed by atoms with E-state index in [2.05, 4.69) is 10.1 Å². The summed E-state index contributed by atoms with van der Waals surface area (Å²) in [6.07, 6.45) is 0.0533. The molecule has 0 bridgehead atoms. The number of amides is 1. The Morgan fingerprint density at radius 2 is 2.06 bits per heavy atom. The van der Waals surface area contributed by atoms with Crippen LogP contribution in [0, 0.1) is 5.82 Å². The van der Waals surface area contributed by atoms with Crippen LogP contribution in [0.1, 0.15) is 18.9 Å². The van der Waals surface area contributed by atoms with Gasteiger partial charge in [0.05, 0.1) is 20.0 Å². The molecule has 98 valence electrons. The number of halogens is 1. The third-order valence-corrected chi connectivity index (χ3v) is 2.42. The van der Waals surface area contributed by atoms with Gasteiger partial charge in [-0.2, -0.15) is 0 Å². The Balaban J connectivity index is 2.47. The van der Waals surface area contributed by atoms with Crippen molar-refractivity contribution in [2.45, 2.75) is 25.8 Å². The van der Waals surface area contributed by atoms with E-state index in [0.717, 1.165) is 0 Å². The smallest absolute Gasteiger partial charge is 0.307 e. The molecule has 0 aliphatic carbocycles. The van der Waals surface area contributed by atoms with E-state index in [1.54, 1.807) is 25.1 Å². The monoisotopic (exact) mass is 253 g/mol. The van der Waals surface area contributed by atoms with Gasteiger partial charge in [-0.25, -0.2) is 4.39 Å². The molecule has 0 heterocycles. The zero-order chi connectivity index (χ0) is 13.5. The number of hydrogen-bond donors (Lipinski definition) is 1. The van der Waals surface area contributed by atoms with Crippen LogP contribution in [0.2, 0.25) is 0 Å². The van der Waals surface area contributed by atoms with Crippen LogP contribution in [0.4, 0.5) is 4.39 Å². The third-order valence-electron chi connectivity index (χ3n) is 2.42. The lowest BCUT2D eigenvalue weighted by atomic mass is 10.1. The molecule has 1 rings (SSSR count). The zero-order valence-corrected chi connectivity index (χ0v) is 10.4. The number of ether oxygens (including phenoxy) is 1. The summed E-state index contributed by atoms with van der Waals surface area (Å²) >= 11 is 0. The molecule has 0 spiro atoms. The van der Waals surface area contributed by atoms with Crippen LogP contribution in [0.3, 0.4) is 0 Å². The second-order valence-electron chi connectivity index (χ2n) is 4.02. The Labute approximate surface area is 105 Å².